The predicted octanol–water partition coefficient (Wildman–Crippen LogP) is 3.76. The molecule has 1 aromatic rings. The van der Waals surface area contributed by atoms with Crippen LogP contribution in [0.5, 0.6) is 0 Å². The molecule has 2 fully saturated rings. The van der Waals surface area contributed by atoms with E-state index in [1.54, 1.807) is 24.1 Å². The third kappa shape index (κ3) is 8.43. The number of nitrogens with zero attached hydrogens (tertiary/aromatic N) is 1. The van der Waals surface area contributed by atoms with Crippen molar-refractivity contribution >= 4 is 23.7 Å². The molecule has 1 saturated heterocycles. The largest absolute Gasteiger partial charge is 0.465 e. The Morgan fingerprint density at radius 1 is 1.19 bits per heavy atom. The van der Waals surface area contributed by atoms with E-state index in [2.05, 4.69) is 16.0 Å². The Bertz CT molecular complexity index is 889. The van der Waals surface area contributed by atoms with E-state index in [4.69, 9.17) is 21.4 Å². The van der Waals surface area contributed by atoms with Crippen molar-refractivity contribution in [2.45, 2.75) is 63.2 Å². The molecule has 5 N–H and O–H groups in total. The Morgan fingerprint density at radius 2 is 1.92 bits per heavy atom. The first-order chi connectivity index (χ1) is 17.8. The van der Waals surface area contributed by atoms with Crippen molar-refractivity contribution in [3.63, 3.8) is 0 Å². The first kappa shape index (κ1) is 29.4. The highest BCUT2D eigenvalue weighted by molar-refractivity contribution is 6.30. The van der Waals surface area contributed by atoms with Crippen LogP contribution in [0.4, 0.5) is 14.0 Å². The fourth-order valence-electron chi connectivity index (χ4n) is 5.54. The number of likely N-dealkylation sites (N-methyl/N-ethyl adjacent to an activating group) is 1. The Labute approximate surface area is 223 Å². The fourth-order valence-corrected chi connectivity index (χ4v) is 5.72. The van der Waals surface area contributed by atoms with Gasteiger partial charge >= 0.3 is 12.1 Å². The van der Waals surface area contributed by atoms with Crippen LogP contribution in [0.3, 0.4) is 0 Å². The normalized spacial score (nSPS) is 21.2. The third-order valence-corrected chi connectivity index (χ3v) is 7.71. The number of ether oxygens (including phenoxy) is 1. The van der Waals surface area contributed by atoms with Crippen LogP contribution in [0.2, 0.25) is 5.02 Å². The minimum atomic E-state index is -1.17. The summed E-state index contributed by atoms with van der Waals surface area (Å²) in [5.74, 6) is -0.626. The smallest absolute Gasteiger partial charge is 0.404 e. The molecule has 1 aromatic carbocycles. The van der Waals surface area contributed by atoms with Gasteiger partial charge in [-0.2, -0.15) is 0 Å². The molecule has 1 saturated carbocycles. The number of piperidine rings is 1. The number of aliphatic hydroxyl groups is 1. The van der Waals surface area contributed by atoms with Crippen LogP contribution in [0.1, 0.15) is 56.6 Å². The van der Waals surface area contributed by atoms with Gasteiger partial charge in [0.1, 0.15) is 5.82 Å². The zero-order chi connectivity index (χ0) is 26.8. The van der Waals surface area contributed by atoms with Gasteiger partial charge in [0.05, 0.1) is 29.9 Å². The van der Waals surface area contributed by atoms with Crippen LogP contribution in [0.15, 0.2) is 18.2 Å². The topological polar surface area (TPSA) is 123 Å². The standard InChI is InChI=1S/C26H40ClFN4O5/c1-29-15-21(23(33)17-7-3-2-4-8-17)31-25(34)32-13-6-9-18(16-32)24(37-14-12-30-26(35)36)19-10-5-11-20(27)22(19)28/h5,10-11,17-18,21,23-24,29-30,33H,2-4,6-9,12-16H2,1H3,(H,31,34)(H,35,36)/t18-,21?,23?,24-/m1/s1. The quantitative estimate of drug-likeness (QED) is 0.271. The monoisotopic (exact) mass is 542 g/mol. The first-order valence-electron chi connectivity index (χ1n) is 13.2. The maximum absolute atomic E-state index is 15.0. The number of nitrogens with one attached hydrogen (secondary N) is 3. The summed E-state index contributed by atoms with van der Waals surface area (Å²) >= 11 is 6.03. The number of urea groups is 1. The van der Waals surface area contributed by atoms with E-state index in [-0.39, 0.29) is 41.6 Å². The van der Waals surface area contributed by atoms with Crippen LogP contribution in [-0.2, 0) is 4.74 Å². The molecule has 3 rings (SSSR count). The van der Waals surface area contributed by atoms with Gasteiger partial charge in [-0.1, -0.05) is 43.0 Å². The van der Waals surface area contributed by atoms with E-state index in [9.17, 15) is 19.1 Å². The van der Waals surface area contributed by atoms with Gasteiger partial charge in [-0.15, -0.1) is 0 Å². The van der Waals surface area contributed by atoms with Crippen LogP contribution in [-0.4, -0.2) is 79.2 Å². The molecule has 2 unspecified atom stereocenters. The van der Waals surface area contributed by atoms with E-state index < -0.39 is 30.2 Å². The summed E-state index contributed by atoms with van der Waals surface area (Å²) in [6, 6.07) is 4.04. The highest BCUT2D eigenvalue weighted by Crippen LogP contribution is 2.36. The summed E-state index contributed by atoms with van der Waals surface area (Å²) in [6.07, 6.45) is 4.21. The molecule has 9 nitrogen and oxygen atoms in total. The predicted molar refractivity (Wildman–Crippen MR) is 139 cm³/mol. The van der Waals surface area contributed by atoms with Crippen LogP contribution < -0.4 is 16.0 Å². The average Bonchev–Trinajstić information content (AvgIpc) is 2.90. The molecule has 2 aliphatic rings. The Hall–Kier alpha value is -2.14. The summed E-state index contributed by atoms with van der Waals surface area (Å²) < 4.78 is 21.0. The van der Waals surface area contributed by atoms with E-state index in [1.165, 1.54) is 12.5 Å². The lowest BCUT2D eigenvalue weighted by molar-refractivity contribution is -0.0111. The molecule has 1 aliphatic heterocycles. The average molecular weight is 543 g/mol. The van der Waals surface area contributed by atoms with E-state index >= 15 is 0 Å². The molecular weight excluding hydrogens is 503 g/mol. The molecule has 11 heteroatoms. The lowest BCUT2D eigenvalue weighted by Crippen LogP contribution is -2.56. The van der Waals surface area contributed by atoms with Crippen LogP contribution in [0, 0.1) is 17.7 Å². The zero-order valence-corrected chi connectivity index (χ0v) is 22.2. The number of rotatable bonds is 11. The van der Waals surface area contributed by atoms with Crippen LogP contribution >= 0.6 is 11.6 Å². The Kier molecular flexibility index (Phi) is 11.7. The summed E-state index contributed by atoms with van der Waals surface area (Å²) in [7, 11) is 1.80. The molecular formula is C26H40ClFN4O5. The first-order valence-corrected chi connectivity index (χ1v) is 13.6. The van der Waals surface area contributed by atoms with Crippen LogP contribution in [0.25, 0.3) is 0 Å². The van der Waals surface area contributed by atoms with E-state index in [0.717, 1.165) is 25.7 Å². The molecule has 1 aliphatic carbocycles. The van der Waals surface area contributed by atoms with Crippen molar-refractivity contribution < 1.29 is 28.9 Å². The number of hydrogen-bond donors (Lipinski definition) is 5. The van der Waals surface area contributed by atoms with Crippen molar-refractivity contribution in [3.8, 4) is 0 Å². The second kappa shape index (κ2) is 14.7. The number of hydrogen-bond acceptors (Lipinski definition) is 5. The molecule has 0 spiro atoms. The maximum atomic E-state index is 15.0. The molecule has 1 heterocycles. The molecule has 0 aromatic heterocycles. The number of halogens is 2. The number of likely N-dealkylation sites (tertiary alicyclic amines) is 1. The van der Waals surface area contributed by atoms with Crippen molar-refractivity contribution in [3.05, 3.63) is 34.6 Å². The minimum absolute atomic E-state index is 0.0215. The Morgan fingerprint density at radius 3 is 2.62 bits per heavy atom. The summed E-state index contributed by atoms with van der Waals surface area (Å²) in [4.78, 5) is 25.8. The summed E-state index contributed by atoms with van der Waals surface area (Å²) in [5, 5.41) is 28.2. The summed E-state index contributed by atoms with van der Waals surface area (Å²) in [5.41, 5.74) is 0.288. The lowest BCUT2D eigenvalue weighted by Gasteiger charge is -2.39. The SMILES string of the molecule is CNCC(NC(=O)N1CCC[C@@H]([C@@H](OCCNC(=O)O)c2cccc(Cl)c2F)C1)C(O)C1CCCCC1. The Balaban J connectivity index is 1.69. The van der Waals surface area contributed by atoms with Gasteiger partial charge in [0, 0.05) is 37.7 Å². The van der Waals surface area contributed by atoms with Crippen molar-refractivity contribution in [1.82, 2.24) is 20.9 Å². The number of carbonyl (C=O) groups is 2. The number of benzene rings is 1. The van der Waals surface area contributed by atoms with Crippen molar-refractivity contribution in [2.24, 2.45) is 11.8 Å². The molecule has 37 heavy (non-hydrogen) atoms. The molecule has 208 valence electrons. The van der Waals surface area contributed by atoms with E-state index in [0.29, 0.717) is 32.5 Å². The number of aliphatic hydroxyl groups excluding tert-OH is 1. The molecule has 3 amide bonds. The van der Waals surface area contributed by atoms with Gasteiger partial charge in [0.2, 0.25) is 0 Å². The van der Waals surface area contributed by atoms with Crippen molar-refractivity contribution in [2.75, 3.05) is 39.8 Å². The summed E-state index contributed by atoms with van der Waals surface area (Å²) in [6.45, 7) is 1.43. The number of carbonyl (C=O) groups excluding carboxylic acids is 1. The highest BCUT2D eigenvalue weighted by Gasteiger charge is 2.35. The second-order valence-electron chi connectivity index (χ2n) is 10.0. The van der Waals surface area contributed by atoms with Gasteiger partial charge in [0.25, 0.3) is 0 Å². The van der Waals surface area contributed by atoms with E-state index in [1.807, 2.05) is 0 Å². The molecule has 0 bridgehead atoms. The minimum Gasteiger partial charge on any atom is -0.465 e. The molecule has 0 radical (unpaired) electrons. The van der Waals surface area contributed by atoms with Crippen molar-refractivity contribution in [1.29, 1.82) is 0 Å². The lowest BCUT2D eigenvalue weighted by atomic mass is 9.82. The number of carboxylic acid groups (broad SMARTS) is 1. The second-order valence-corrected chi connectivity index (χ2v) is 10.4. The number of amides is 3. The maximum Gasteiger partial charge on any atom is 0.404 e. The van der Waals surface area contributed by atoms with Gasteiger partial charge in [-0.25, -0.2) is 14.0 Å². The van der Waals surface area contributed by atoms with Gasteiger partial charge in [-0.05, 0) is 44.7 Å². The zero-order valence-electron chi connectivity index (χ0n) is 21.4. The molecule has 4 atom stereocenters. The third-order valence-electron chi connectivity index (χ3n) is 7.41. The highest BCUT2D eigenvalue weighted by atomic mass is 35.5. The van der Waals surface area contributed by atoms with Gasteiger partial charge < -0.3 is 35.8 Å². The van der Waals surface area contributed by atoms with Gasteiger partial charge in [0.15, 0.2) is 0 Å². The fraction of sp³-hybridized carbons (Fsp3) is 0.692. The van der Waals surface area contributed by atoms with Gasteiger partial charge in [-0.3, -0.25) is 0 Å².